The van der Waals surface area contributed by atoms with E-state index in [-0.39, 0.29) is 18.3 Å². The van der Waals surface area contributed by atoms with Gasteiger partial charge in [-0.15, -0.1) is 4.79 Å². The molecule has 2 atom stereocenters. The lowest BCUT2D eigenvalue weighted by molar-refractivity contribution is -0.485. The van der Waals surface area contributed by atoms with Crippen LogP contribution in [0.15, 0.2) is 5.10 Å². The predicted molar refractivity (Wildman–Crippen MR) is 49.1 cm³/mol. The van der Waals surface area contributed by atoms with Crippen molar-refractivity contribution in [3.63, 3.8) is 0 Å². The highest BCUT2D eigenvalue weighted by Crippen LogP contribution is 2.11. The van der Waals surface area contributed by atoms with Crippen LogP contribution in [0.4, 0.5) is 5.95 Å². The van der Waals surface area contributed by atoms with E-state index in [9.17, 15) is 10.1 Å². The highest BCUT2D eigenvalue weighted by atomic mass is 16.7. The van der Waals surface area contributed by atoms with Gasteiger partial charge in [0.1, 0.15) is 11.3 Å². The maximum Gasteiger partial charge on any atom is 0.272 e. The summed E-state index contributed by atoms with van der Waals surface area (Å²) in [6.45, 7) is 0. The summed E-state index contributed by atoms with van der Waals surface area (Å²) in [5.41, 5.74) is 2.88. The van der Waals surface area contributed by atoms with Crippen LogP contribution < -0.4 is 21.4 Å². The van der Waals surface area contributed by atoms with Crippen LogP contribution in [0.5, 0.6) is 0 Å². The molecule has 0 aliphatic carbocycles. The van der Waals surface area contributed by atoms with Gasteiger partial charge >= 0.3 is 0 Å². The number of hydrogen-bond acceptors (Lipinski definition) is 7. The van der Waals surface area contributed by atoms with Crippen LogP contribution in [-0.4, -0.2) is 43.6 Å². The third-order valence-electron chi connectivity index (χ3n) is 2.11. The van der Waals surface area contributed by atoms with Crippen LogP contribution >= 0.6 is 0 Å². The Labute approximate surface area is 87.2 Å². The maximum absolute atomic E-state index is 10.2. The monoisotopic (exact) mass is 226 g/mol. The molecule has 12 heteroatoms. The average Bonchev–Trinajstić information content (AvgIpc) is 2.76. The second kappa shape index (κ2) is 2.91. The summed E-state index contributed by atoms with van der Waals surface area (Å²) < 4.78 is 0. The maximum atomic E-state index is 10.2. The number of hydrazone groups is 1. The van der Waals surface area contributed by atoms with Crippen molar-refractivity contribution in [2.45, 2.75) is 12.3 Å². The SMILES string of the molecule is O=[N+]([O-])/N=C1/N[C@@H]2Nn3nnnc3N[C@@H]2N1. The molecule has 84 valence electrons. The third-order valence-corrected chi connectivity index (χ3v) is 2.11. The van der Waals surface area contributed by atoms with E-state index >= 15 is 0 Å². The molecule has 2 aliphatic heterocycles. The van der Waals surface area contributed by atoms with E-state index in [4.69, 9.17) is 0 Å². The van der Waals surface area contributed by atoms with Gasteiger partial charge in [-0.25, -0.2) is 10.1 Å². The summed E-state index contributed by atoms with van der Waals surface area (Å²) in [5.74, 6) is 0.483. The zero-order valence-corrected chi connectivity index (χ0v) is 7.65. The number of aromatic nitrogens is 4. The molecule has 0 amide bonds. The number of guanidine groups is 1. The van der Waals surface area contributed by atoms with Gasteiger partial charge in [0.15, 0.2) is 11.2 Å². The van der Waals surface area contributed by atoms with E-state index in [1.54, 1.807) is 0 Å². The molecule has 0 spiro atoms. The second-order valence-corrected chi connectivity index (χ2v) is 3.12. The number of nitrogens with one attached hydrogen (secondary N) is 4. The van der Waals surface area contributed by atoms with Crippen molar-refractivity contribution in [1.82, 2.24) is 30.9 Å². The van der Waals surface area contributed by atoms with Crippen molar-refractivity contribution in [3.05, 3.63) is 10.1 Å². The van der Waals surface area contributed by atoms with Crippen LogP contribution in [0.25, 0.3) is 0 Å². The lowest BCUT2D eigenvalue weighted by atomic mass is 10.4. The number of anilines is 1. The van der Waals surface area contributed by atoms with E-state index in [0.29, 0.717) is 5.95 Å². The first-order chi connectivity index (χ1) is 7.72. The van der Waals surface area contributed by atoms with Gasteiger partial charge in [0.2, 0.25) is 0 Å². The Morgan fingerprint density at radius 2 is 2.19 bits per heavy atom. The molecule has 3 rings (SSSR count). The Morgan fingerprint density at radius 1 is 1.38 bits per heavy atom. The number of fused-ring (bicyclic) bond motifs is 2. The summed E-state index contributed by atoms with van der Waals surface area (Å²) in [6, 6.07) is 0. The van der Waals surface area contributed by atoms with E-state index in [0.717, 1.165) is 0 Å². The minimum Gasteiger partial charge on any atom is -0.328 e. The average molecular weight is 226 g/mol. The fraction of sp³-hybridized carbons (Fsp3) is 0.500. The molecule has 1 fully saturated rings. The summed E-state index contributed by atoms with van der Waals surface area (Å²) in [4.78, 5) is 11.5. The quantitative estimate of drug-likeness (QED) is 0.291. The molecule has 0 unspecified atom stereocenters. The van der Waals surface area contributed by atoms with Gasteiger partial charge in [-0.3, -0.25) is 5.43 Å². The molecule has 12 nitrogen and oxygen atoms in total. The fourth-order valence-electron chi connectivity index (χ4n) is 1.50. The Bertz CT molecular complexity index is 435. The van der Waals surface area contributed by atoms with E-state index in [2.05, 4.69) is 42.0 Å². The molecule has 1 saturated heterocycles. The highest BCUT2D eigenvalue weighted by molar-refractivity contribution is 5.83. The van der Waals surface area contributed by atoms with Gasteiger partial charge in [0.05, 0.1) is 0 Å². The van der Waals surface area contributed by atoms with Crippen LogP contribution in [-0.2, 0) is 0 Å². The molecule has 1 aromatic rings. The molecule has 16 heavy (non-hydrogen) atoms. The zero-order valence-electron chi connectivity index (χ0n) is 7.65. The number of tetrazole rings is 1. The van der Waals surface area contributed by atoms with Crippen molar-refractivity contribution in [3.8, 4) is 0 Å². The van der Waals surface area contributed by atoms with E-state index in [1.807, 2.05) is 0 Å². The Hall–Kier alpha value is -2.66. The molecule has 0 bridgehead atoms. The largest absolute Gasteiger partial charge is 0.328 e. The molecule has 2 aliphatic rings. The third kappa shape index (κ3) is 1.23. The normalized spacial score (nSPS) is 28.1. The summed E-state index contributed by atoms with van der Waals surface area (Å²) >= 11 is 0. The number of hydrogen-bond donors (Lipinski definition) is 4. The van der Waals surface area contributed by atoms with Crippen molar-refractivity contribution in [2.75, 3.05) is 10.7 Å². The van der Waals surface area contributed by atoms with Crippen molar-refractivity contribution >= 4 is 11.9 Å². The highest BCUT2D eigenvalue weighted by Gasteiger charge is 2.37. The Kier molecular flexibility index (Phi) is 1.57. The molecule has 1 aromatic heterocycles. The minimum absolute atomic E-state index is 0.0683. The molecular weight excluding hydrogens is 220 g/mol. The number of rotatable bonds is 1. The van der Waals surface area contributed by atoms with Crippen LogP contribution in [0.1, 0.15) is 0 Å². The van der Waals surface area contributed by atoms with Crippen molar-refractivity contribution in [1.29, 1.82) is 0 Å². The predicted octanol–water partition coefficient (Wildman–Crippen LogP) is -2.97. The fourth-order valence-corrected chi connectivity index (χ4v) is 1.50. The van der Waals surface area contributed by atoms with Crippen LogP contribution in [0, 0.1) is 10.1 Å². The second-order valence-electron chi connectivity index (χ2n) is 3.12. The summed E-state index contributed by atoms with van der Waals surface area (Å²) in [7, 11) is 0. The summed E-state index contributed by atoms with van der Waals surface area (Å²) in [5, 5.41) is 31.8. The zero-order chi connectivity index (χ0) is 11.1. The number of nitrogens with zero attached hydrogens (tertiary/aromatic N) is 6. The Balaban J connectivity index is 1.81. The van der Waals surface area contributed by atoms with Crippen LogP contribution in [0.3, 0.4) is 0 Å². The van der Waals surface area contributed by atoms with Crippen LogP contribution in [0.2, 0.25) is 0 Å². The first-order valence-corrected chi connectivity index (χ1v) is 4.30. The van der Waals surface area contributed by atoms with E-state index < -0.39 is 5.03 Å². The van der Waals surface area contributed by atoms with E-state index in [1.165, 1.54) is 4.79 Å². The van der Waals surface area contributed by atoms with Gasteiger partial charge in [-0.05, 0) is 10.4 Å². The van der Waals surface area contributed by atoms with Gasteiger partial charge in [0, 0.05) is 0 Å². The molecule has 0 saturated carbocycles. The molecular formula is C4H6N10O2. The van der Waals surface area contributed by atoms with Crippen molar-refractivity contribution < 1.29 is 5.03 Å². The molecule has 4 N–H and O–H groups in total. The Morgan fingerprint density at radius 3 is 3.00 bits per heavy atom. The standard InChI is InChI=1S/C4H6N10O2/c15-14(16)10-3-5-1-2(6-3)9-13-4(7-1)8-11-12-13/h1-2,9H,(H2,5,6,10)(H,7,8,12)/t1-,2+/m0/s1. The molecule has 0 radical (unpaired) electrons. The summed E-state index contributed by atoms with van der Waals surface area (Å²) in [6.07, 6.45) is -0.633. The van der Waals surface area contributed by atoms with Gasteiger partial charge < -0.3 is 16.0 Å². The van der Waals surface area contributed by atoms with Gasteiger partial charge in [-0.2, -0.15) is 0 Å². The number of nitro groups is 1. The smallest absolute Gasteiger partial charge is 0.272 e. The lowest BCUT2D eigenvalue weighted by Gasteiger charge is -2.26. The first kappa shape index (κ1) is 8.63. The lowest BCUT2D eigenvalue weighted by Crippen LogP contribution is -2.52. The van der Waals surface area contributed by atoms with Crippen molar-refractivity contribution in [2.24, 2.45) is 5.10 Å². The topological polar surface area (TPSA) is 147 Å². The van der Waals surface area contributed by atoms with Gasteiger partial charge in [-0.1, -0.05) is 5.10 Å². The first-order valence-electron chi connectivity index (χ1n) is 4.30. The van der Waals surface area contributed by atoms with Gasteiger partial charge in [0.25, 0.3) is 11.9 Å². The molecule has 3 heterocycles. The molecule has 0 aromatic carbocycles. The minimum atomic E-state index is -0.787.